The summed E-state index contributed by atoms with van der Waals surface area (Å²) < 4.78 is 4.43. The van der Waals surface area contributed by atoms with Crippen molar-refractivity contribution in [3.63, 3.8) is 0 Å². The van der Waals surface area contributed by atoms with Gasteiger partial charge in [0.25, 0.3) is 0 Å². The van der Waals surface area contributed by atoms with Crippen LogP contribution in [0.2, 0.25) is 0 Å². The first-order valence-corrected chi connectivity index (χ1v) is 21.8. The van der Waals surface area contributed by atoms with Crippen molar-refractivity contribution >= 4 is 0 Å². The first kappa shape index (κ1) is 40.1. The standard InChI is InChI=1S/C58H48N6/c1-37-21-22-40(4)52(32-37)58-62-61-57(64(58)53-20-14-13-15-41(53)5)51-35-48(43-16-9-7-10-17-43)34-49(36-51)45-25-23-44(24-26-45)47-27-28-54(42(6)33-47)63-55(46-18-11-8-12-19-46)59-60-56(63)50-30-38(2)29-39(3)31-50/h7-36H,1-6H3. The van der Waals surface area contributed by atoms with E-state index in [1.54, 1.807) is 0 Å². The lowest BCUT2D eigenvalue weighted by Crippen LogP contribution is -2.03. The number of nitrogens with zero attached hydrogens (tertiary/aromatic N) is 6. The van der Waals surface area contributed by atoms with Gasteiger partial charge in [-0.1, -0.05) is 144 Å². The van der Waals surface area contributed by atoms with Crippen LogP contribution in [-0.2, 0) is 0 Å². The Morgan fingerprint density at radius 3 is 1.36 bits per heavy atom. The summed E-state index contributed by atoms with van der Waals surface area (Å²) in [5, 5.41) is 19.4. The topological polar surface area (TPSA) is 61.4 Å². The highest BCUT2D eigenvalue weighted by Gasteiger charge is 2.22. The Morgan fingerprint density at radius 1 is 0.266 bits per heavy atom. The zero-order valence-electron chi connectivity index (χ0n) is 37.0. The molecule has 0 aliphatic heterocycles. The monoisotopic (exact) mass is 828 g/mol. The highest BCUT2D eigenvalue weighted by molar-refractivity contribution is 5.82. The lowest BCUT2D eigenvalue weighted by Gasteiger charge is -2.16. The summed E-state index contributed by atoms with van der Waals surface area (Å²) in [5.74, 6) is 3.25. The lowest BCUT2D eigenvalue weighted by molar-refractivity contribution is 1.05. The molecule has 6 heteroatoms. The number of aromatic nitrogens is 6. The Hall–Kier alpha value is -7.96. The van der Waals surface area contributed by atoms with Crippen LogP contribution in [0.3, 0.4) is 0 Å². The highest BCUT2D eigenvalue weighted by Crippen LogP contribution is 2.38. The molecule has 6 nitrogen and oxygen atoms in total. The SMILES string of the molecule is Cc1cc(C)cc(-c2nnc(-c3ccccc3)n2-c2ccc(-c3ccc(-c4cc(-c5ccccc5)cc(-c5nnc(-c6cc(C)ccc6C)n5-c5ccccc5C)c4)cc3)cc2C)c1. The van der Waals surface area contributed by atoms with E-state index in [-0.39, 0.29) is 0 Å². The first-order chi connectivity index (χ1) is 31.2. The lowest BCUT2D eigenvalue weighted by atomic mass is 9.94. The summed E-state index contributed by atoms with van der Waals surface area (Å²) in [5.41, 5.74) is 19.9. The molecule has 64 heavy (non-hydrogen) atoms. The summed E-state index contributed by atoms with van der Waals surface area (Å²) in [4.78, 5) is 0. The third-order valence-corrected chi connectivity index (χ3v) is 12.1. The molecule has 0 atom stereocenters. The number of hydrogen-bond donors (Lipinski definition) is 0. The van der Waals surface area contributed by atoms with E-state index in [0.29, 0.717) is 0 Å². The molecule has 10 rings (SSSR count). The predicted molar refractivity (Wildman–Crippen MR) is 263 cm³/mol. The molecule has 0 amide bonds. The molecule has 2 heterocycles. The zero-order chi connectivity index (χ0) is 43.9. The number of aryl methyl sites for hydroxylation is 6. The van der Waals surface area contributed by atoms with Gasteiger partial charge in [-0.25, -0.2) is 0 Å². The molecule has 0 bridgehead atoms. The average Bonchev–Trinajstić information content (AvgIpc) is 3.96. The van der Waals surface area contributed by atoms with Crippen molar-refractivity contribution in [1.29, 1.82) is 0 Å². The normalized spacial score (nSPS) is 11.3. The maximum Gasteiger partial charge on any atom is 0.169 e. The van der Waals surface area contributed by atoms with Gasteiger partial charge in [0.15, 0.2) is 23.3 Å². The van der Waals surface area contributed by atoms with Crippen LogP contribution in [0, 0.1) is 41.5 Å². The van der Waals surface area contributed by atoms with E-state index in [1.807, 2.05) is 18.2 Å². The summed E-state index contributed by atoms with van der Waals surface area (Å²) >= 11 is 0. The van der Waals surface area contributed by atoms with Crippen LogP contribution in [0.25, 0.3) is 90.3 Å². The summed E-state index contributed by atoms with van der Waals surface area (Å²) in [6.07, 6.45) is 0. The van der Waals surface area contributed by atoms with Crippen molar-refractivity contribution in [1.82, 2.24) is 29.5 Å². The molecule has 0 aliphatic rings. The van der Waals surface area contributed by atoms with Crippen LogP contribution in [-0.4, -0.2) is 29.5 Å². The molecule has 0 saturated carbocycles. The van der Waals surface area contributed by atoms with E-state index >= 15 is 0 Å². The molecule has 0 N–H and O–H groups in total. The molecule has 0 saturated heterocycles. The molecule has 0 fully saturated rings. The minimum Gasteiger partial charge on any atom is -0.275 e. The molecular formula is C58H48N6. The van der Waals surface area contributed by atoms with Gasteiger partial charge in [0.1, 0.15) is 0 Å². The van der Waals surface area contributed by atoms with Gasteiger partial charge in [0.2, 0.25) is 0 Å². The number of para-hydroxylation sites is 1. The van der Waals surface area contributed by atoms with Crippen molar-refractivity contribution < 1.29 is 0 Å². The van der Waals surface area contributed by atoms with Gasteiger partial charge in [-0.15, -0.1) is 20.4 Å². The highest BCUT2D eigenvalue weighted by atomic mass is 15.3. The molecular weight excluding hydrogens is 781 g/mol. The van der Waals surface area contributed by atoms with Gasteiger partial charge >= 0.3 is 0 Å². The largest absolute Gasteiger partial charge is 0.275 e. The second-order valence-corrected chi connectivity index (χ2v) is 17.0. The van der Waals surface area contributed by atoms with Gasteiger partial charge in [0.05, 0.1) is 11.4 Å². The molecule has 0 aliphatic carbocycles. The predicted octanol–water partition coefficient (Wildman–Crippen LogP) is 14.4. The molecule has 10 aromatic rings. The third-order valence-electron chi connectivity index (χ3n) is 12.1. The minimum atomic E-state index is 0.792. The number of benzene rings is 8. The number of hydrogen-bond acceptors (Lipinski definition) is 4. The maximum absolute atomic E-state index is 4.96. The van der Waals surface area contributed by atoms with Crippen molar-refractivity contribution in [2.75, 3.05) is 0 Å². The Bertz CT molecular complexity index is 3300. The van der Waals surface area contributed by atoms with Gasteiger partial charge in [-0.2, -0.15) is 0 Å². The Morgan fingerprint density at radius 2 is 0.734 bits per heavy atom. The molecule has 0 radical (unpaired) electrons. The van der Waals surface area contributed by atoms with Crippen LogP contribution in [0.15, 0.2) is 182 Å². The fourth-order valence-electron chi connectivity index (χ4n) is 8.90. The zero-order valence-corrected chi connectivity index (χ0v) is 37.0. The third kappa shape index (κ3) is 7.64. The van der Waals surface area contributed by atoms with E-state index < -0.39 is 0 Å². The average molecular weight is 829 g/mol. The van der Waals surface area contributed by atoms with Crippen LogP contribution < -0.4 is 0 Å². The smallest absolute Gasteiger partial charge is 0.169 e. The fourth-order valence-corrected chi connectivity index (χ4v) is 8.90. The van der Waals surface area contributed by atoms with E-state index in [1.165, 1.54) is 16.7 Å². The van der Waals surface area contributed by atoms with Crippen LogP contribution in [0.1, 0.15) is 33.4 Å². The van der Waals surface area contributed by atoms with E-state index in [2.05, 4.69) is 214 Å². The number of rotatable bonds is 9. The second-order valence-electron chi connectivity index (χ2n) is 17.0. The van der Waals surface area contributed by atoms with E-state index in [9.17, 15) is 0 Å². The Kier molecular flexibility index (Phi) is 10.5. The molecule has 8 aromatic carbocycles. The van der Waals surface area contributed by atoms with Gasteiger partial charge in [0, 0.05) is 22.3 Å². The van der Waals surface area contributed by atoms with E-state index in [0.717, 1.165) is 107 Å². The summed E-state index contributed by atoms with van der Waals surface area (Å²) in [7, 11) is 0. The first-order valence-electron chi connectivity index (χ1n) is 21.8. The van der Waals surface area contributed by atoms with Gasteiger partial charge in [-0.3, -0.25) is 9.13 Å². The van der Waals surface area contributed by atoms with E-state index in [4.69, 9.17) is 20.4 Å². The van der Waals surface area contributed by atoms with Crippen LogP contribution >= 0.6 is 0 Å². The second kappa shape index (κ2) is 16.7. The van der Waals surface area contributed by atoms with Crippen LogP contribution in [0.5, 0.6) is 0 Å². The molecule has 0 unspecified atom stereocenters. The quantitative estimate of drug-likeness (QED) is 0.145. The molecule has 310 valence electrons. The van der Waals surface area contributed by atoms with Crippen molar-refractivity contribution in [2.24, 2.45) is 0 Å². The molecule has 0 spiro atoms. The fraction of sp³-hybridized carbons (Fsp3) is 0.103. The summed E-state index contributed by atoms with van der Waals surface area (Å²) in [6, 6.07) is 64.8. The minimum absolute atomic E-state index is 0.792. The van der Waals surface area contributed by atoms with Crippen molar-refractivity contribution in [3.05, 3.63) is 215 Å². The van der Waals surface area contributed by atoms with Crippen LogP contribution in [0.4, 0.5) is 0 Å². The Labute approximate surface area is 375 Å². The maximum atomic E-state index is 4.96. The van der Waals surface area contributed by atoms with Gasteiger partial charge < -0.3 is 0 Å². The van der Waals surface area contributed by atoms with Gasteiger partial charge in [-0.05, 0) is 146 Å². The Balaban J connectivity index is 1.06. The van der Waals surface area contributed by atoms with Crippen molar-refractivity contribution in [2.45, 2.75) is 41.5 Å². The summed E-state index contributed by atoms with van der Waals surface area (Å²) in [6.45, 7) is 12.8. The van der Waals surface area contributed by atoms with Crippen molar-refractivity contribution in [3.8, 4) is 90.3 Å². The molecule has 2 aromatic heterocycles.